The van der Waals surface area contributed by atoms with Gasteiger partial charge in [0.1, 0.15) is 17.1 Å². The summed E-state index contributed by atoms with van der Waals surface area (Å²) < 4.78 is 6.03. The minimum Gasteiger partial charge on any atom is -0.395 e. The second-order valence-corrected chi connectivity index (χ2v) is 15.1. The van der Waals surface area contributed by atoms with Crippen molar-refractivity contribution >= 4 is 51.1 Å². The molecule has 0 saturated carbocycles. The van der Waals surface area contributed by atoms with Crippen LogP contribution in [-0.4, -0.2) is 92.5 Å². The number of hydrogen-bond donors (Lipinski definition) is 5. The highest BCUT2D eigenvalue weighted by atomic mass is 16.3. The maximum absolute atomic E-state index is 9.15. The average molecular weight is 735 g/mol. The molecule has 4 aliphatic rings. The Morgan fingerprint density at radius 2 is 0.981 bits per heavy atom. The van der Waals surface area contributed by atoms with Crippen molar-refractivity contribution in [2.75, 3.05) is 85.4 Å². The van der Waals surface area contributed by atoms with Crippen LogP contribution in [0.3, 0.4) is 0 Å². The van der Waals surface area contributed by atoms with Crippen LogP contribution < -0.4 is 31.9 Å². The summed E-state index contributed by atoms with van der Waals surface area (Å²) in [4.78, 5) is 6.11. The fraction of sp³-hybridized carbons (Fsp3) is 0.475. The van der Waals surface area contributed by atoms with Crippen LogP contribution in [0.1, 0.15) is 65.9 Å². The summed E-state index contributed by atoms with van der Waals surface area (Å²) in [5.74, 6) is 2.50. The summed E-state index contributed by atoms with van der Waals surface area (Å²) in [6.07, 6.45) is 12.8. The van der Waals surface area contributed by atoms with Gasteiger partial charge in [-0.05, 0) is 106 Å². The number of aryl methyl sites for hydroxylation is 6. The highest BCUT2D eigenvalue weighted by Crippen LogP contribution is 2.34. The molecular weight excluding hydrogens is 681 g/mol. The van der Waals surface area contributed by atoms with Gasteiger partial charge in [0.25, 0.3) is 0 Å². The fourth-order valence-corrected chi connectivity index (χ4v) is 8.74. The first-order chi connectivity index (χ1) is 26.3. The lowest BCUT2D eigenvalue weighted by atomic mass is 10.2. The Labute approximate surface area is 315 Å². The van der Waals surface area contributed by atoms with Crippen LogP contribution in [0.25, 0.3) is 16.6 Å². The van der Waals surface area contributed by atoms with E-state index in [1.807, 2.05) is 39.0 Å². The van der Waals surface area contributed by atoms with Crippen molar-refractivity contribution in [2.45, 2.75) is 70.6 Å². The van der Waals surface area contributed by atoms with E-state index in [1.165, 1.54) is 72.3 Å². The molecule has 54 heavy (non-hydrogen) atoms. The summed E-state index contributed by atoms with van der Waals surface area (Å²) in [6, 6.07) is 12.8. The van der Waals surface area contributed by atoms with Crippen molar-refractivity contribution < 1.29 is 10.2 Å². The number of rotatable bonds is 7. The second kappa shape index (κ2) is 14.9. The number of aliphatic hydroxyl groups excluding tert-OH is 2. The summed E-state index contributed by atoms with van der Waals surface area (Å²) in [5.41, 5.74) is 32.0. The molecule has 1 aliphatic heterocycles. The highest BCUT2D eigenvalue weighted by Gasteiger charge is 2.24. The van der Waals surface area contributed by atoms with Crippen LogP contribution >= 0.6 is 0 Å². The molecule has 0 amide bonds. The van der Waals surface area contributed by atoms with E-state index in [1.54, 1.807) is 0 Å². The van der Waals surface area contributed by atoms with Crippen molar-refractivity contribution in [3.05, 3.63) is 70.2 Å². The van der Waals surface area contributed by atoms with Crippen LogP contribution in [0.4, 0.5) is 34.5 Å². The fourth-order valence-electron chi connectivity index (χ4n) is 8.74. The Morgan fingerprint density at radius 1 is 0.556 bits per heavy atom. The van der Waals surface area contributed by atoms with E-state index >= 15 is 0 Å². The maximum Gasteiger partial charge on any atom is 0.175 e. The molecule has 0 atom stereocenters. The van der Waals surface area contributed by atoms with E-state index in [2.05, 4.69) is 49.9 Å². The first-order valence-corrected chi connectivity index (χ1v) is 19.5. The summed E-state index contributed by atoms with van der Waals surface area (Å²) >= 11 is 0. The zero-order chi connectivity index (χ0) is 37.5. The van der Waals surface area contributed by atoms with Gasteiger partial charge in [0, 0.05) is 57.4 Å². The molecule has 10 rings (SSSR count). The van der Waals surface area contributed by atoms with E-state index in [4.69, 9.17) is 32.5 Å². The van der Waals surface area contributed by atoms with Gasteiger partial charge >= 0.3 is 0 Å². The number of pyridine rings is 3. The highest BCUT2D eigenvalue weighted by molar-refractivity contribution is 5.83. The third-order valence-corrected chi connectivity index (χ3v) is 11.5. The smallest absolute Gasteiger partial charge is 0.175 e. The van der Waals surface area contributed by atoms with Crippen molar-refractivity contribution in [1.82, 2.24) is 28.8 Å². The summed E-state index contributed by atoms with van der Waals surface area (Å²) in [5, 5.41) is 32.3. The first kappa shape index (κ1) is 35.8. The van der Waals surface area contributed by atoms with Crippen LogP contribution in [0, 0.1) is 0 Å². The third-order valence-electron chi connectivity index (χ3n) is 11.5. The molecule has 6 aromatic rings. The van der Waals surface area contributed by atoms with E-state index in [-0.39, 0.29) is 13.2 Å². The molecule has 14 heteroatoms. The number of aromatic nitrogens is 6. The van der Waals surface area contributed by atoms with E-state index in [0.29, 0.717) is 24.6 Å². The first-order valence-electron chi connectivity index (χ1n) is 19.5. The van der Waals surface area contributed by atoms with Gasteiger partial charge in [-0.15, -0.1) is 15.3 Å². The number of fused-ring (bicyclic) bond motifs is 9. The van der Waals surface area contributed by atoms with Gasteiger partial charge in [-0.3, -0.25) is 0 Å². The Bertz CT molecular complexity index is 2290. The molecule has 1 fully saturated rings. The molecule has 6 aromatic heterocycles. The van der Waals surface area contributed by atoms with Gasteiger partial charge in [-0.1, -0.05) is 18.2 Å². The number of nitrogen functional groups attached to an aromatic ring is 3. The van der Waals surface area contributed by atoms with Crippen molar-refractivity contribution in [3.63, 3.8) is 0 Å². The molecular formula is C40H54N12O2. The molecule has 0 unspecified atom stereocenters. The average Bonchev–Trinajstić information content (AvgIpc) is 4.02. The Morgan fingerprint density at radius 3 is 1.44 bits per heavy atom. The zero-order valence-corrected chi connectivity index (χ0v) is 31.6. The van der Waals surface area contributed by atoms with Crippen LogP contribution in [0.2, 0.25) is 0 Å². The molecule has 0 radical (unpaired) electrons. The lowest BCUT2D eigenvalue weighted by molar-refractivity contribution is 0.280. The Kier molecular flexibility index (Phi) is 9.88. The zero-order valence-electron chi connectivity index (χ0n) is 31.6. The largest absolute Gasteiger partial charge is 0.395 e. The number of nitrogens with zero attached hydrogens (tertiary/aromatic N) is 9. The maximum atomic E-state index is 9.15. The lowest BCUT2D eigenvalue weighted by Crippen LogP contribution is -2.30. The van der Waals surface area contributed by atoms with Gasteiger partial charge in [0.2, 0.25) is 0 Å². The molecule has 7 heterocycles. The van der Waals surface area contributed by atoms with Gasteiger partial charge in [0.15, 0.2) is 17.5 Å². The molecule has 0 bridgehead atoms. The molecule has 14 nitrogen and oxygen atoms in total. The summed E-state index contributed by atoms with van der Waals surface area (Å²) in [6.45, 7) is 3.02. The van der Waals surface area contributed by atoms with Gasteiger partial charge in [0.05, 0.1) is 29.8 Å². The van der Waals surface area contributed by atoms with Gasteiger partial charge in [-0.2, -0.15) is 0 Å². The van der Waals surface area contributed by atoms with E-state index in [9.17, 15) is 0 Å². The standard InChI is InChI=1S/C14H20N4O2.C14H18N4.C12H16N4/c15-13-12-5-4-10-2-1-3-11(10)18(12)16-14(13)17(6-8-19)7-9-20;15-13-12-7-6-10-4-3-5-11(10)18(12)16-14(13)17-8-1-2-9-17;1-15(2)12-11(13)10-7-6-8-4-3-5-9(8)16(10)14-12/h4-5,19-20H,1-3,6-9,15H2;6-7H,1-5,8-9,15H2;6-7H,3-5,13H2,1-2H3. The SMILES string of the molecule is CN(C)c1nn2c3c(ccc2c1N)CCC3.Nc1c(N(CCO)CCO)nn2c3c(ccc12)CCC3.Nc1c(N2CCCC2)nn2c3c(ccc12)CCC3. The molecule has 286 valence electrons. The Hall–Kier alpha value is -5.21. The second-order valence-electron chi connectivity index (χ2n) is 15.1. The Balaban J connectivity index is 0.000000115. The molecule has 0 aromatic carbocycles. The minimum absolute atomic E-state index is 0.00538. The van der Waals surface area contributed by atoms with E-state index < -0.39 is 0 Å². The normalized spacial score (nSPS) is 15.7. The quantitative estimate of drug-likeness (QED) is 0.162. The van der Waals surface area contributed by atoms with E-state index in [0.717, 1.165) is 84.8 Å². The van der Waals surface area contributed by atoms with Crippen molar-refractivity contribution in [3.8, 4) is 0 Å². The summed E-state index contributed by atoms with van der Waals surface area (Å²) in [7, 11) is 3.94. The topological polar surface area (TPSA) is 180 Å². The predicted octanol–water partition coefficient (Wildman–Crippen LogP) is 3.67. The van der Waals surface area contributed by atoms with Crippen molar-refractivity contribution in [1.29, 1.82) is 0 Å². The number of aliphatic hydroxyl groups is 2. The number of hydrogen-bond acceptors (Lipinski definition) is 11. The lowest BCUT2D eigenvalue weighted by Gasteiger charge is -2.20. The molecule has 3 aliphatic carbocycles. The molecule has 8 N–H and O–H groups in total. The van der Waals surface area contributed by atoms with Gasteiger partial charge < -0.3 is 42.1 Å². The monoisotopic (exact) mass is 734 g/mol. The number of anilines is 6. The predicted molar refractivity (Wildman–Crippen MR) is 217 cm³/mol. The van der Waals surface area contributed by atoms with Gasteiger partial charge in [-0.25, -0.2) is 13.5 Å². The van der Waals surface area contributed by atoms with Crippen LogP contribution in [-0.2, 0) is 38.5 Å². The minimum atomic E-state index is 0.00538. The molecule has 0 spiro atoms. The number of nitrogens with two attached hydrogens (primary N) is 3. The van der Waals surface area contributed by atoms with Crippen LogP contribution in [0.15, 0.2) is 36.4 Å². The molecule has 1 saturated heterocycles. The van der Waals surface area contributed by atoms with Crippen molar-refractivity contribution in [2.24, 2.45) is 0 Å². The van der Waals surface area contributed by atoms with Crippen LogP contribution in [0.5, 0.6) is 0 Å². The third kappa shape index (κ3) is 6.30.